The molecule has 0 heterocycles. The Labute approximate surface area is 94.6 Å². The van der Waals surface area contributed by atoms with Gasteiger partial charge in [-0.2, -0.15) is 0 Å². The molecule has 80 valence electrons. The molecular formula is C10H15Cl2NO. The van der Waals surface area contributed by atoms with Crippen LogP contribution in [0.3, 0.4) is 0 Å². The Morgan fingerprint density at radius 3 is 2.57 bits per heavy atom. The zero-order valence-corrected chi connectivity index (χ0v) is 9.95. The van der Waals surface area contributed by atoms with Gasteiger partial charge in [0, 0.05) is 6.54 Å². The van der Waals surface area contributed by atoms with Crippen LogP contribution >= 0.6 is 23.2 Å². The predicted octanol–water partition coefficient (Wildman–Crippen LogP) is 2.65. The standard InChI is InChI=1S/C10H15Cl2NO/c1-3-4-5-6-13-8(14)9(2)7-10(9,11)12/h3-4H,5-7H2,1-2H3,(H,13,14)/b4-3+. The molecule has 0 radical (unpaired) electrons. The molecule has 0 aromatic rings. The maximum atomic E-state index is 11.6. The molecule has 1 aliphatic carbocycles. The van der Waals surface area contributed by atoms with Crippen molar-refractivity contribution in [2.45, 2.75) is 31.0 Å². The highest BCUT2D eigenvalue weighted by atomic mass is 35.5. The van der Waals surface area contributed by atoms with Crippen LogP contribution in [0.4, 0.5) is 0 Å². The Morgan fingerprint density at radius 1 is 1.57 bits per heavy atom. The second-order valence-corrected chi connectivity index (χ2v) is 5.31. The van der Waals surface area contributed by atoms with Gasteiger partial charge in [0.1, 0.15) is 4.33 Å². The number of carbonyl (C=O) groups excluding carboxylic acids is 1. The second kappa shape index (κ2) is 4.11. The molecule has 1 unspecified atom stereocenters. The molecule has 2 nitrogen and oxygen atoms in total. The summed E-state index contributed by atoms with van der Waals surface area (Å²) >= 11 is 11.7. The van der Waals surface area contributed by atoms with Crippen LogP contribution < -0.4 is 5.32 Å². The number of halogens is 2. The van der Waals surface area contributed by atoms with E-state index in [-0.39, 0.29) is 5.91 Å². The largest absolute Gasteiger partial charge is 0.355 e. The van der Waals surface area contributed by atoms with Gasteiger partial charge in [0.15, 0.2) is 0 Å². The van der Waals surface area contributed by atoms with Gasteiger partial charge >= 0.3 is 0 Å². The van der Waals surface area contributed by atoms with Crippen LogP contribution in [0, 0.1) is 5.41 Å². The van der Waals surface area contributed by atoms with Crippen LogP contribution in [0.15, 0.2) is 12.2 Å². The van der Waals surface area contributed by atoms with Gasteiger partial charge in [-0.25, -0.2) is 0 Å². The summed E-state index contributed by atoms with van der Waals surface area (Å²) in [6.45, 7) is 4.38. The summed E-state index contributed by atoms with van der Waals surface area (Å²) in [5, 5.41) is 2.82. The normalized spacial score (nSPS) is 29.1. The summed E-state index contributed by atoms with van der Waals surface area (Å²) in [7, 11) is 0. The van der Waals surface area contributed by atoms with E-state index in [1.54, 1.807) is 6.92 Å². The molecule has 14 heavy (non-hydrogen) atoms. The van der Waals surface area contributed by atoms with Gasteiger partial charge < -0.3 is 5.32 Å². The summed E-state index contributed by atoms with van der Waals surface area (Å²) in [4.78, 5) is 11.6. The topological polar surface area (TPSA) is 29.1 Å². The molecule has 1 aliphatic rings. The first kappa shape index (κ1) is 11.9. The number of nitrogens with one attached hydrogen (secondary N) is 1. The van der Waals surface area contributed by atoms with Crippen molar-refractivity contribution in [1.29, 1.82) is 0 Å². The highest BCUT2D eigenvalue weighted by Crippen LogP contribution is 2.63. The van der Waals surface area contributed by atoms with Gasteiger partial charge in [-0.15, -0.1) is 23.2 Å². The van der Waals surface area contributed by atoms with E-state index in [0.717, 1.165) is 6.42 Å². The van der Waals surface area contributed by atoms with Gasteiger partial charge in [-0.1, -0.05) is 12.2 Å². The summed E-state index contributed by atoms with van der Waals surface area (Å²) < 4.78 is -0.863. The summed E-state index contributed by atoms with van der Waals surface area (Å²) in [5.41, 5.74) is -0.591. The van der Waals surface area contributed by atoms with Crippen molar-refractivity contribution in [1.82, 2.24) is 5.32 Å². The molecule has 1 atom stereocenters. The fourth-order valence-electron chi connectivity index (χ4n) is 1.28. The zero-order valence-electron chi connectivity index (χ0n) is 8.44. The minimum absolute atomic E-state index is 0.0491. The van der Waals surface area contributed by atoms with Gasteiger partial charge in [0.25, 0.3) is 0 Å². The Kier molecular flexibility index (Phi) is 3.49. The van der Waals surface area contributed by atoms with E-state index in [9.17, 15) is 4.79 Å². The predicted molar refractivity (Wildman–Crippen MR) is 59.6 cm³/mol. The molecule has 0 saturated heterocycles. The SMILES string of the molecule is C/C=C/CCNC(=O)C1(C)CC1(Cl)Cl. The van der Waals surface area contributed by atoms with E-state index in [2.05, 4.69) is 5.32 Å². The van der Waals surface area contributed by atoms with Crippen molar-refractivity contribution in [3.8, 4) is 0 Å². The smallest absolute Gasteiger partial charge is 0.229 e. The van der Waals surface area contributed by atoms with E-state index >= 15 is 0 Å². The highest BCUT2D eigenvalue weighted by molar-refractivity contribution is 6.53. The molecule has 1 fully saturated rings. The van der Waals surface area contributed by atoms with E-state index in [1.165, 1.54) is 0 Å². The zero-order chi connectivity index (χ0) is 10.8. The quantitative estimate of drug-likeness (QED) is 0.453. The lowest BCUT2D eigenvalue weighted by Gasteiger charge is -2.11. The fraction of sp³-hybridized carbons (Fsp3) is 0.700. The van der Waals surface area contributed by atoms with Crippen molar-refractivity contribution in [3.05, 3.63) is 12.2 Å². The van der Waals surface area contributed by atoms with E-state index < -0.39 is 9.75 Å². The number of alkyl halides is 2. The third kappa shape index (κ3) is 2.23. The van der Waals surface area contributed by atoms with E-state index in [0.29, 0.717) is 13.0 Å². The first-order valence-corrected chi connectivity index (χ1v) is 5.47. The molecule has 0 spiro atoms. The molecule has 1 saturated carbocycles. The maximum absolute atomic E-state index is 11.6. The first-order chi connectivity index (χ1) is 6.44. The number of hydrogen-bond acceptors (Lipinski definition) is 1. The number of amides is 1. The lowest BCUT2D eigenvalue weighted by molar-refractivity contribution is -0.125. The van der Waals surface area contributed by atoms with Crippen LogP contribution in [-0.4, -0.2) is 16.8 Å². The van der Waals surface area contributed by atoms with Crippen molar-refractivity contribution >= 4 is 29.1 Å². The summed E-state index contributed by atoms with van der Waals surface area (Å²) in [5.74, 6) is -0.0491. The molecular weight excluding hydrogens is 221 g/mol. The van der Waals surface area contributed by atoms with Gasteiger partial charge in [-0.05, 0) is 26.7 Å². The van der Waals surface area contributed by atoms with Crippen molar-refractivity contribution < 1.29 is 4.79 Å². The lowest BCUT2D eigenvalue weighted by atomic mass is 10.1. The lowest BCUT2D eigenvalue weighted by Crippen LogP contribution is -2.33. The van der Waals surface area contributed by atoms with E-state index in [1.807, 2.05) is 19.1 Å². The molecule has 4 heteroatoms. The minimum atomic E-state index is -0.863. The van der Waals surface area contributed by atoms with Crippen LogP contribution in [0.1, 0.15) is 26.7 Å². The maximum Gasteiger partial charge on any atom is 0.229 e. The summed E-state index contributed by atoms with van der Waals surface area (Å²) in [6.07, 6.45) is 5.34. The van der Waals surface area contributed by atoms with Crippen molar-refractivity contribution in [2.75, 3.05) is 6.54 Å². The number of allylic oxidation sites excluding steroid dienone is 1. The van der Waals surface area contributed by atoms with Crippen LogP contribution in [0.2, 0.25) is 0 Å². The first-order valence-electron chi connectivity index (χ1n) is 4.71. The number of carbonyl (C=O) groups is 1. The van der Waals surface area contributed by atoms with Gasteiger partial charge in [0.05, 0.1) is 5.41 Å². The minimum Gasteiger partial charge on any atom is -0.355 e. The van der Waals surface area contributed by atoms with Crippen molar-refractivity contribution in [3.63, 3.8) is 0 Å². The van der Waals surface area contributed by atoms with Crippen LogP contribution in [0.25, 0.3) is 0 Å². The monoisotopic (exact) mass is 235 g/mol. The molecule has 0 aromatic heterocycles. The van der Waals surface area contributed by atoms with E-state index in [4.69, 9.17) is 23.2 Å². The molecule has 0 aliphatic heterocycles. The number of rotatable bonds is 4. The van der Waals surface area contributed by atoms with Crippen LogP contribution in [-0.2, 0) is 4.79 Å². The average Bonchev–Trinajstić information content (AvgIpc) is 2.61. The van der Waals surface area contributed by atoms with Gasteiger partial charge in [-0.3, -0.25) is 4.79 Å². The Balaban J connectivity index is 2.31. The molecule has 1 N–H and O–H groups in total. The van der Waals surface area contributed by atoms with Crippen molar-refractivity contribution in [2.24, 2.45) is 5.41 Å². The Hall–Kier alpha value is -0.210. The Morgan fingerprint density at radius 2 is 2.14 bits per heavy atom. The fourth-order valence-corrected chi connectivity index (χ4v) is 1.98. The molecule has 0 aromatic carbocycles. The van der Waals surface area contributed by atoms with Gasteiger partial charge in [0.2, 0.25) is 5.91 Å². The second-order valence-electron chi connectivity index (χ2n) is 3.83. The summed E-state index contributed by atoms with van der Waals surface area (Å²) in [6, 6.07) is 0. The molecule has 0 bridgehead atoms. The number of hydrogen-bond donors (Lipinski definition) is 1. The molecule has 1 rings (SSSR count). The molecule has 1 amide bonds. The Bertz CT molecular complexity index is 263. The third-order valence-electron chi connectivity index (χ3n) is 2.59. The third-order valence-corrected chi connectivity index (χ3v) is 3.69. The van der Waals surface area contributed by atoms with Crippen LogP contribution in [0.5, 0.6) is 0 Å². The highest BCUT2D eigenvalue weighted by Gasteiger charge is 2.67. The average molecular weight is 236 g/mol.